The zero-order valence-corrected chi connectivity index (χ0v) is 8.77. The predicted octanol–water partition coefficient (Wildman–Crippen LogP) is 3.59. The summed E-state index contributed by atoms with van der Waals surface area (Å²) in [6.45, 7) is 2.15. The van der Waals surface area contributed by atoms with Gasteiger partial charge >= 0.3 is 0 Å². The third-order valence-corrected chi connectivity index (χ3v) is 3.44. The van der Waals surface area contributed by atoms with Gasteiger partial charge in [0.05, 0.1) is 0 Å². The quantitative estimate of drug-likeness (QED) is 0.663. The lowest BCUT2D eigenvalue weighted by atomic mass is 9.84. The van der Waals surface area contributed by atoms with Crippen LogP contribution in [-0.2, 0) is 0 Å². The van der Waals surface area contributed by atoms with Crippen molar-refractivity contribution >= 4 is 11.6 Å². The van der Waals surface area contributed by atoms with E-state index in [9.17, 15) is 0 Å². The average Bonchev–Trinajstić information content (AvgIpc) is 2.51. The number of aromatic nitrogens is 1. The monoisotopic (exact) mass is 197 g/mol. The molecule has 1 aromatic heterocycles. The van der Waals surface area contributed by atoms with Crippen molar-refractivity contribution in [3.63, 3.8) is 0 Å². The van der Waals surface area contributed by atoms with E-state index < -0.39 is 0 Å². The smallest absolute Gasteiger partial charge is 0.0341 e. The molecule has 0 amide bonds. The van der Waals surface area contributed by atoms with Crippen molar-refractivity contribution in [1.82, 2.24) is 4.98 Å². The van der Waals surface area contributed by atoms with Gasteiger partial charge in [0.25, 0.3) is 0 Å². The molecule has 1 nitrogen and oxygen atoms in total. The van der Waals surface area contributed by atoms with E-state index in [2.05, 4.69) is 18.0 Å². The highest BCUT2D eigenvalue weighted by molar-refractivity contribution is 6.20. The number of hydrogen-bond acceptors (Lipinski definition) is 0. The van der Waals surface area contributed by atoms with E-state index in [1.807, 2.05) is 6.20 Å². The SMILES string of the molecule is Cc1[nH]ccc1C1CCCC(Cl)C1. The fraction of sp³-hybridized carbons (Fsp3) is 0.636. The first-order valence-corrected chi connectivity index (χ1v) is 5.49. The Hall–Kier alpha value is -0.430. The van der Waals surface area contributed by atoms with E-state index in [0.717, 1.165) is 6.42 Å². The number of nitrogens with one attached hydrogen (secondary N) is 1. The molecule has 0 aliphatic heterocycles. The second-order valence-electron chi connectivity index (χ2n) is 4.02. The van der Waals surface area contributed by atoms with Crippen LogP contribution in [0.5, 0.6) is 0 Å². The molecule has 1 aliphatic rings. The van der Waals surface area contributed by atoms with Gasteiger partial charge < -0.3 is 4.98 Å². The lowest BCUT2D eigenvalue weighted by Gasteiger charge is -2.25. The van der Waals surface area contributed by atoms with E-state index in [4.69, 9.17) is 11.6 Å². The molecule has 2 heteroatoms. The molecule has 1 saturated carbocycles. The number of aryl methyl sites for hydroxylation is 1. The van der Waals surface area contributed by atoms with Gasteiger partial charge in [0.2, 0.25) is 0 Å². The van der Waals surface area contributed by atoms with Crippen LogP contribution < -0.4 is 0 Å². The number of H-pyrrole nitrogens is 1. The van der Waals surface area contributed by atoms with Crippen LogP contribution in [0.25, 0.3) is 0 Å². The van der Waals surface area contributed by atoms with Crippen molar-refractivity contribution in [2.75, 3.05) is 0 Å². The maximum absolute atomic E-state index is 6.17. The van der Waals surface area contributed by atoms with Crippen molar-refractivity contribution < 1.29 is 0 Å². The Morgan fingerprint density at radius 2 is 2.31 bits per heavy atom. The highest BCUT2D eigenvalue weighted by atomic mass is 35.5. The fourth-order valence-corrected chi connectivity index (χ4v) is 2.69. The molecule has 0 aromatic carbocycles. The summed E-state index contributed by atoms with van der Waals surface area (Å²) in [5.74, 6) is 0.697. The Kier molecular flexibility index (Phi) is 2.63. The van der Waals surface area contributed by atoms with Crippen LogP contribution >= 0.6 is 11.6 Å². The summed E-state index contributed by atoms with van der Waals surface area (Å²) in [7, 11) is 0. The van der Waals surface area contributed by atoms with Crippen molar-refractivity contribution in [1.29, 1.82) is 0 Å². The van der Waals surface area contributed by atoms with Crippen LogP contribution in [0.3, 0.4) is 0 Å². The highest BCUT2D eigenvalue weighted by Crippen LogP contribution is 2.36. The lowest BCUT2D eigenvalue weighted by Crippen LogP contribution is -2.14. The summed E-state index contributed by atoms with van der Waals surface area (Å²) in [5.41, 5.74) is 2.79. The number of halogens is 1. The third-order valence-electron chi connectivity index (χ3n) is 3.05. The van der Waals surface area contributed by atoms with E-state index in [-0.39, 0.29) is 0 Å². The average molecular weight is 198 g/mol. The van der Waals surface area contributed by atoms with Crippen molar-refractivity contribution in [2.24, 2.45) is 0 Å². The Balaban J connectivity index is 2.12. The number of rotatable bonds is 1. The highest BCUT2D eigenvalue weighted by Gasteiger charge is 2.22. The second-order valence-corrected chi connectivity index (χ2v) is 4.64. The number of alkyl halides is 1. The van der Waals surface area contributed by atoms with Crippen LogP contribution in [0, 0.1) is 6.92 Å². The first-order valence-electron chi connectivity index (χ1n) is 5.05. The fourth-order valence-electron chi connectivity index (χ4n) is 2.32. The molecule has 0 spiro atoms. The summed E-state index contributed by atoms with van der Waals surface area (Å²) in [4.78, 5) is 3.24. The van der Waals surface area contributed by atoms with E-state index in [1.165, 1.54) is 30.5 Å². The molecule has 2 unspecified atom stereocenters. The molecule has 2 rings (SSSR count). The van der Waals surface area contributed by atoms with E-state index >= 15 is 0 Å². The van der Waals surface area contributed by atoms with Gasteiger partial charge in [0.1, 0.15) is 0 Å². The molecule has 72 valence electrons. The van der Waals surface area contributed by atoms with Crippen LogP contribution in [0.4, 0.5) is 0 Å². The topological polar surface area (TPSA) is 15.8 Å². The maximum Gasteiger partial charge on any atom is 0.0341 e. The van der Waals surface area contributed by atoms with Gasteiger partial charge in [-0.1, -0.05) is 6.42 Å². The number of aromatic amines is 1. The molecule has 1 fully saturated rings. The van der Waals surface area contributed by atoms with Crippen LogP contribution in [0.2, 0.25) is 0 Å². The summed E-state index contributed by atoms with van der Waals surface area (Å²) in [6.07, 6.45) is 6.97. The van der Waals surface area contributed by atoms with E-state index in [1.54, 1.807) is 0 Å². The van der Waals surface area contributed by atoms with Crippen LogP contribution in [0.1, 0.15) is 42.9 Å². The Morgan fingerprint density at radius 3 is 2.92 bits per heavy atom. The first-order chi connectivity index (χ1) is 6.27. The van der Waals surface area contributed by atoms with Gasteiger partial charge in [-0.2, -0.15) is 0 Å². The molecule has 13 heavy (non-hydrogen) atoms. The predicted molar refractivity (Wildman–Crippen MR) is 56.4 cm³/mol. The standard InChI is InChI=1S/C11H16ClN/c1-8-11(5-6-13-8)9-3-2-4-10(12)7-9/h5-6,9-10,13H,2-4,7H2,1H3. The minimum atomic E-state index is 0.396. The molecule has 0 bridgehead atoms. The molecule has 0 radical (unpaired) electrons. The minimum absolute atomic E-state index is 0.396. The molecule has 1 N–H and O–H groups in total. The van der Waals surface area contributed by atoms with Crippen molar-refractivity contribution in [3.05, 3.63) is 23.5 Å². The minimum Gasteiger partial charge on any atom is -0.365 e. The van der Waals surface area contributed by atoms with Crippen LogP contribution in [-0.4, -0.2) is 10.4 Å². The summed E-state index contributed by atoms with van der Waals surface area (Å²) < 4.78 is 0. The second kappa shape index (κ2) is 3.75. The maximum atomic E-state index is 6.17. The Bertz CT molecular complexity index is 279. The molecule has 2 atom stereocenters. The molecular weight excluding hydrogens is 182 g/mol. The third kappa shape index (κ3) is 1.91. The summed E-state index contributed by atoms with van der Waals surface area (Å²) in [5, 5.41) is 0.396. The largest absolute Gasteiger partial charge is 0.365 e. The normalized spacial score (nSPS) is 29.1. The van der Waals surface area contributed by atoms with Gasteiger partial charge in [-0.05, 0) is 43.7 Å². The first kappa shape index (κ1) is 9.14. The molecule has 1 heterocycles. The summed E-state index contributed by atoms with van der Waals surface area (Å²) in [6, 6.07) is 2.20. The van der Waals surface area contributed by atoms with Gasteiger partial charge in [-0.15, -0.1) is 11.6 Å². The molecular formula is C11H16ClN. The van der Waals surface area contributed by atoms with Crippen LogP contribution in [0.15, 0.2) is 12.3 Å². The molecule has 1 aromatic rings. The van der Waals surface area contributed by atoms with Gasteiger partial charge in [0.15, 0.2) is 0 Å². The molecule has 0 saturated heterocycles. The zero-order valence-electron chi connectivity index (χ0n) is 8.02. The Morgan fingerprint density at radius 1 is 1.46 bits per heavy atom. The van der Waals surface area contributed by atoms with Gasteiger partial charge in [-0.25, -0.2) is 0 Å². The van der Waals surface area contributed by atoms with Gasteiger partial charge in [-0.3, -0.25) is 0 Å². The van der Waals surface area contributed by atoms with Gasteiger partial charge in [0, 0.05) is 17.3 Å². The Labute approximate surface area is 84.5 Å². The van der Waals surface area contributed by atoms with E-state index in [0.29, 0.717) is 11.3 Å². The summed E-state index contributed by atoms with van der Waals surface area (Å²) >= 11 is 6.17. The molecule has 1 aliphatic carbocycles. The van der Waals surface area contributed by atoms with Crippen molar-refractivity contribution in [3.8, 4) is 0 Å². The zero-order chi connectivity index (χ0) is 9.26. The van der Waals surface area contributed by atoms with Crippen molar-refractivity contribution in [2.45, 2.75) is 43.9 Å². The number of hydrogen-bond donors (Lipinski definition) is 1. The lowest BCUT2D eigenvalue weighted by molar-refractivity contribution is 0.448.